The third-order valence-electron chi connectivity index (χ3n) is 4.13. The van der Waals surface area contributed by atoms with Crippen LogP contribution in [0.5, 0.6) is 0 Å². The van der Waals surface area contributed by atoms with Gasteiger partial charge in [0, 0.05) is 12.6 Å². The summed E-state index contributed by atoms with van der Waals surface area (Å²) in [6.45, 7) is 9.78. The van der Waals surface area contributed by atoms with E-state index in [1.54, 1.807) is 0 Å². The fraction of sp³-hybridized carbons (Fsp3) is 1.00. The molecule has 0 aromatic rings. The quantitative estimate of drug-likeness (QED) is 0.789. The van der Waals surface area contributed by atoms with E-state index >= 15 is 0 Å². The van der Waals surface area contributed by atoms with Crippen molar-refractivity contribution in [1.82, 2.24) is 10.2 Å². The number of nitrogens with zero attached hydrogens (tertiary/aromatic N) is 1. The Morgan fingerprint density at radius 2 is 2.19 bits per heavy atom. The molecule has 1 aliphatic heterocycles. The zero-order valence-electron chi connectivity index (χ0n) is 11.0. The summed E-state index contributed by atoms with van der Waals surface area (Å²) in [6.07, 6.45) is 7.14. The Morgan fingerprint density at radius 3 is 2.88 bits per heavy atom. The third kappa shape index (κ3) is 3.74. The lowest BCUT2D eigenvalue weighted by Crippen LogP contribution is -2.44. The monoisotopic (exact) mass is 224 g/mol. The molecule has 16 heavy (non-hydrogen) atoms. The first kappa shape index (κ1) is 12.4. The van der Waals surface area contributed by atoms with Gasteiger partial charge in [0.2, 0.25) is 0 Å². The lowest BCUT2D eigenvalue weighted by Gasteiger charge is -2.35. The van der Waals surface area contributed by atoms with Crippen molar-refractivity contribution in [2.24, 2.45) is 11.8 Å². The van der Waals surface area contributed by atoms with Gasteiger partial charge in [-0.3, -0.25) is 0 Å². The summed E-state index contributed by atoms with van der Waals surface area (Å²) in [4.78, 5) is 2.78. The topological polar surface area (TPSA) is 15.3 Å². The molecule has 1 aliphatic carbocycles. The molecule has 2 fully saturated rings. The smallest absolute Gasteiger partial charge is 0.00954 e. The first-order valence-corrected chi connectivity index (χ1v) is 7.24. The van der Waals surface area contributed by atoms with Gasteiger partial charge >= 0.3 is 0 Å². The molecule has 2 aliphatic rings. The predicted molar refractivity (Wildman–Crippen MR) is 69.6 cm³/mol. The lowest BCUT2D eigenvalue weighted by atomic mass is 10.0. The number of hydrogen-bond acceptors (Lipinski definition) is 2. The van der Waals surface area contributed by atoms with E-state index in [-0.39, 0.29) is 0 Å². The summed E-state index contributed by atoms with van der Waals surface area (Å²) in [5.41, 5.74) is 0. The third-order valence-corrected chi connectivity index (χ3v) is 4.13. The van der Waals surface area contributed by atoms with Crippen LogP contribution in [-0.2, 0) is 0 Å². The van der Waals surface area contributed by atoms with E-state index < -0.39 is 0 Å². The van der Waals surface area contributed by atoms with Crippen molar-refractivity contribution in [3.8, 4) is 0 Å². The van der Waals surface area contributed by atoms with Gasteiger partial charge in [-0.25, -0.2) is 0 Å². The lowest BCUT2D eigenvalue weighted by molar-refractivity contribution is 0.141. The summed E-state index contributed by atoms with van der Waals surface area (Å²) in [7, 11) is 0. The molecule has 2 heteroatoms. The SMILES string of the molecule is CCC(CC1CC1)N1CCCNCC(C)C1. The summed E-state index contributed by atoms with van der Waals surface area (Å²) < 4.78 is 0. The molecule has 0 aromatic heterocycles. The van der Waals surface area contributed by atoms with E-state index in [2.05, 4.69) is 24.1 Å². The molecule has 0 bridgehead atoms. The second-order valence-corrected chi connectivity index (χ2v) is 5.90. The van der Waals surface area contributed by atoms with E-state index in [4.69, 9.17) is 0 Å². The van der Waals surface area contributed by atoms with E-state index in [9.17, 15) is 0 Å². The van der Waals surface area contributed by atoms with Gasteiger partial charge in [0.1, 0.15) is 0 Å². The Hall–Kier alpha value is -0.0800. The van der Waals surface area contributed by atoms with Crippen molar-refractivity contribution in [3.05, 3.63) is 0 Å². The fourth-order valence-corrected chi connectivity index (χ4v) is 2.96. The maximum absolute atomic E-state index is 3.54. The van der Waals surface area contributed by atoms with E-state index in [1.807, 2.05) is 0 Å². The van der Waals surface area contributed by atoms with Gasteiger partial charge in [-0.1, -0.05) is 26.7 Å². The number of nitrogens with one attached hydrogen (secondary N) is 1. The molecule has 1 N–H and O–H groups in total. The van der Waals surface area contributed by atoms with Crippen LogP contribution in [0.15, 0.2) is 0 Å². The van der Waals surface area contributed by atoms with Crippen molar-refractivity contribution >= 4 is 0 Å². The number of hydrogen-bond donors (Lipinski definition) is 1. The zero-order valence-corrected chi connectivity index (χ0v) is 11.0. The fourth-order valence-electron chi connectivity index (χ4n) is 2.96. The van der Waals surface area contributed by atoms with E-state index in [1.165, 1.54) is 58.3 Å². The minimum atomic E-state index is 0.813. The average molecular weight is 224 g/mol. The Morgan fingerprint density at radius 1 is 1.38 bits per heavy atom. The highest BCUT2D eigenvalue weighted by Gasteiger charge is 2.28. The molecule has 94 valence electrons. The van der Waals surface area contributed by atoms with Gasteiger partial charge in [0.05, 0.1) is 0 Å². The second-order valence-electron chi connectivity index (χ2n) is 5.90. The highest BCUT2D eigenvalue weighted by atomic mass is 15.2. The van der Waals surface area contributed by atoms with Crippen LogP contribution in [0.4, 0.5) is 0 Å². The molecule has 2 atom stereocenters. The molecule has 2 nitrogen and oxygen atoms in total. The summed E-state index contributed by atoms with van der Waals surface area (Å²) in [5.74, 6) is 1.89. The van der Waals surface area contributed by atoms with Crippen LogP contribution in [-0.4, -0.2) is 37.1 Å². The van der Waals surface area contributed by atoms with Crippen LogP contribution >= 0.6 is 0 Å². The van der Waals surface area contributed by atoms with E-state index in [0.717, 1.165) is 17.9 Å². The van der Waals surface area contributed by atoms with Gasteiger partial charge in [0.15, 0.2) is 0 Å². The van der Waals surface area contributed by atoms with Crippen molar-refractivity contribution in [3.63, 3.8) is 0 Å². The van der Waals surface area contributed by atoms with Crippen LogP contribution in [0, 0.1) is 11.8 Å². The summed E-state index contributed by atoms with van der Waals surface area (Å²) in [6, 6.07) is 0.869. The summed E-state index contributed by atoms with van der Waals surface area (Å²) in [5, 5.41) is 3.54. The molecule has 0 amide bonds. The molecule has 0 radical (unpaired) electrons. The molecule has 1 saturated heterocycles. The number of rotatable bonds is 4. The largest absolute Gasteiger partial charge is 0.316 e. The zero-order chi connectivity index (χ0) is 11.4. The first-order chi connectivity index (χ1) is 7.79. The Bertz CT molecular complexity index is 201. The summed E-state index contributed by atoms with van der Waals surface area (Å²) >= 11 is 0. The molecule has 1 saturated carbocycles. The average Bonchev–Trinajstić information content (AvgIpc) is 3.04. The normalized spacial score (nSPS) is 30.8. The molecule has 0 spiro atoms. The van der Waals surface area contributed by atoms with Gasteiger partial charge < -0.3 is 10.2 Å². The highest BCUT2D eigenvalue weighted by molar-refractivity contribution is 4.83. The second kappa shape index (κ2) is 6.02. The van der Waals surface area contributed by atoms with Crippen molar-refractivity contribution < 1.29 is 0 Å². The van der Waals surface area contributed by atoms with Crippen molar-refractivity contribution in [2.75, 3.05) is 26.2 Å². The molecular formula is C14H28N2. The maximum atomic E-state index is 3.54. The highest BCUT2D eigenvalue weighted by Crippen LogP contribution is 2.35. The predicted octanol–water partition coefficient (Wildman–Crippen LogP) is 2.50. The van der Waals surface area contributed by atoms with Crippen LogP contribution in [0.3, 0.4) is 0 Å². The standard InChI is InChI=1S/C14H28N2/c1-3-14(9-13-5-6-13)16-8-4-7-15-10-12(2)11-16/h12-15H,3-11H2,1-2H3. The van der Waals surface area contributed by atoms with Crippen LogP contribution < -0.4 is 5.32 Å². The minimum absolute atomic E-state index is 0.813. The maximum Gasteiger partial charge on any atom is 0.00954 e. The molecule has 0 aromatic carbocycles. The Kier molecular flexibility index (Phi) is 4.66. The first-order valence-electron chi connectivity index (χ1n) is 7.24. The molecule has 2 rings (SSSR count). The molecule has 1 heterocycles. The van der Waals surface area contributed by atoms with Crippen molar-refractivity contribution in [1.29, 1.82) is 0 Å². The Labute approximate surface area is 101 Å². The van der Waals surface area contributed by atoms with Crippen LogP contribution in [0.1, 0.15) is 46.0 Å². The van der Waals surface area contributed by atoms with Gasteiger partial charge in [-0.15, -0.1) is 0 Å². The Balaban J connectivity index is 1.85. The van der Waals surface area contributed by atoms with Crippen LogP contribution in [0.2, 0.25) is 0 Å². The van der Waals surface area contributed by atoms with Gasteiger partial charge in [-0.2, -0.15) is 0 Å². The van der Waals surface area contributed by atoms with Gasteiger partial charge in [0.25, 0.3) is 0 Å². The molecular weight excluding hydrogens is 196 g/mol. The van der Waals surface area contributed by atoms with Crippen molar-refractivity contribution in [2.45, 2.75) is 52.0 Å². The molecule has 2 unspecified atom stereocenters. The minimum Gasteiger partial charge on any atom is -0.316 e. The van der Waals surface area contributed by atoms with Gasteiger partial charge in [-0.05, 0) is 50.7 Å². The van der Waals surface area contributed by atoms with Crippen LogP contribution in [0.25, 0.3) is 0 Å². The van der Waals surface area contributed by atoms with E-state index in [0.29, 0.717) is 0 Å².